The number of rotatable bonds is 7. The van der Waals surface area contributed by atoms with Crippen LogP contribution in [-0.2, 0) is 16.1 Å². The maximum Gasteiger partial charge on any atom is 0.240 e. The topological polar surface area (TPSA) is 80.1 Å². The highest BCUT2D eigenvalue weighted by Crippen LogP contribution is 2.49. The number of thiophene rings is 1. The van der Waals surface area contributed by atoms with Crippen LogP contribution >= 0.6 is 34.7 Å². The van der Waals surface area contributed by atoms with Crippen LogP contribution in [0.3, 0.4) is 0 Å². The van der Waals surface area contributed by atoms with Crippen LogP contribution in [0, 0.1) is 6.92 Å². The SMILES string of the molecule is Cc1ccc(-n2nc(-c3cccs3)c3c2N(CC(=O)NCc2cccnc2)C(=O)CS[C@H]3c2cccc(Cl)c2)cc1. The van der Waals surface area contributed by atoms with Crippen LogP contribution in [0.1, 0.15) is 27.5 Å². The van der Waals surface area contributed by atoms with Gasteiger partial charge in [0, 0.05) is 29.5 Å². The lowest BCUT2D eigenvalue weighted by Crippen LogP contribution is -2.42. The van der Waals surface area contributed by atoms with Crippen LogP contribution in [-0.4, -0.2) is 38.9 Å². The maximum atomic E-state index is 13.8. The molecule has 1 aliphatic heterocycles. The molecule has 2 amide bonds. The van der Waals surface area contributed by atoms with Gasteiger partial charge in [-0.2, -0.15) is 5.10 Å². The van der Waals surface area contributed by atoms with Crippen molar-refractivity contribution in [1.29, 1.82) is 0 Å². The molecule has 0 fully saturated rings. The lowest BCUT2D eigenvalue weighted by molar-refractivity contribution is -0.123. The van der Waals surface area contributed by atoms with E-state index in [1.54, 1.807) is 33.3 Å². The molecule has 7 nitrogen and oxygen atoms in total. The Morgan fingerprint density at radius 3 is 2.68 bits per heavy atom. The van der Waals surface area contributed by atoms with Crippen molar-refractivity contribution in [1.82, 2.24) is 20.1 Å². The van der Waals surface area contributed by atoms with Gasteiger partial charge in [0.25, 0.3) is 0 Å². The van der Waals surface area contributed by atoms with Crippen LogP contribution in [0.2, 0.25) is 5.02 Å². The zero-order chi connectivity index (χ0) is 28.3. The van der Waals surface area contributed by atoms with Crippen molar-refractivity contribution < 1.29 is 9.59 Å². The fraction of sp³-hybridized carbons (Fsp3) is 0.161. The van der Waals surface area contributed by atoms with E-state index in [4.69, 9.17) is 16.7 Å². The quantitative estimate of drug-likeness (QED) is 0.233. The number of amides is 2. The summed E-state index contributed by atoms with van der Waals surface area (Å²) in [5.41, 5.74) is 5.43. The lowest BCUT2D eigenvalue weighted by Gasteiger charge is -2.23. The zero-order valence-corrected chi connectivity index (χ0v) is 24.5. The molecule has 41 heavy (non-hydrogen) atoms. The smallest absolute Gasteiger partial charge is 0.240 e. The van der Waals surface area contributed by atoms with Gasteiger partial charge in [-0.05, 0) is 59.8 Å². The van der Waals surface area contributed by atoms with Gasteiger partial charge in [-0.1, -0.05) is 53.6 Å². The minimum atomic E-state index is -0.270. The summed E-state index contributed by atoms with van der Waals surface area (Å²) in [4.78, 5) is 33.8. The van der Waals surface area contributed by atoms with Gasteiger partial charge in [0.15, 0.2) is 0 Å². The number of thioether (sulfide) groups is 1. The molecule has 0 unspecified atom stereocenters. The number of carbonyl (C=O) groups excluding carboxylic acids is 2. The van der Waals surface area contributed by atoms with Crippen molar-refractivity contribution in [3.8, 4) is 16.3 Å². The van der Waals surface area contributed by atoms with E-state index in [1.807, 2.05) is 85.1 Å². The summed E-state index contributed by atoms with van der Waals surface area (Å²) in [6.45, 7) is 2.20. The summed E-state index contributed by atoms with van der Waals surface area (Å²) in [5.74, 6) is 0.352. The van der Waals surface area contributed by atoms with Crippen molar-refractivity contribution in [2.45, 2.75) is 18.7 Å². The molecule has 206 valence electrons. The summed E-state index contributed by atoms with van der Waals surface area (Å²) in [6.07, 6.45) is 3.40. The third kappa shape index (κ3) is 5.79. The largest absolute Gasteiger partial charge is 0.350 e. The lowest BCUT2D eigenvalue weighted by atomic mass is 10.0. The Morgan fingerprint density at radius 1 is 1.10 bits per heavy atom. The first-order valence-corrected chi connectivity index (χ1v) is 15.4. The van der Waals surface area contributed by atoms with Crippen LogP contribution in [0.25, 0.3) is 16.3 Å². The molecule has 4 heterocycles. The minimum absolute atomic E-state index is 0.143. The summed E-state index contributed by atoms with van der Waals surface area (Å²) >= 11 is 9.55. The molecule has 1 atom stereocenters. The predicted molar refractivity (Wildman–Crippen MR) is 166 cm³/mol. The second-order valence-corrected chi connectivity index (χ2v) is 12.2. The number of hydrogen-bond acceptors (Lipinski definition) is 6. The highest BCUT2D eigenvalue weighted by Gasteiger charge is 2.38. The number of hydrogen-bond donors (Lipinski definition) is 1. The van der Waals surface area contributed by atoms with Gasteiger partial charge in [-0.3, -0.25) is 19.5 Å². The fourth-order valence-electron chi connectivity index (χ4n) is 4.82. The second-order valence-electron chi connectivity index (χ2n) is 9.67. The maximum absolute atomic E-state index is 13.8. The van der Waals surface area contributed by atoms with E-state index in [1.165, 1.54) is 11.8 Å². The molecule has 0 saturated carbocycles. The van der Waals surface area contributed by atoms with E-state index in [0.717, 1.165) is 38.5 Å². The molecule has 1 aliphatic rings. The Labute approximate surface area is 251 Å². The van der Waals surface area contributed by atoms with E-state index < -0.39 is 0 Å². The van der Waals surface area contributed by atoms with E-state index >= 15 is 0 Å². The molecular formula is C31H26ClN5O2S2. The third-order valence-electron chi connectivity index (χ3n) is 6.79. The molecule has 0 aliphatic carbocycles. The number of fused-ring (bicyclic) bond motifs is 1. The monoisotopic (exact) mass is 599 g/mol. The average molecular weight is 600 g/mol. The molecule has 0 radical (unpaired) electrons. The Bertz CT molecular complexity index is 1690. The molecule has 3 aromatic heterocycles. The van der Waals surface area contributed by atoms with Gasteiger partial charge < -0.3 is 5.32 Å². The Hall–Kier alpha value is -3.92. The predicted octanol–water partition coefficient (Wildman–Crippen LogP) is 6.44. The molecule has 0 bridgehead atoms. The molecule has 2 aromatic carbocycles. The number of pyridine rings is 1. The van der Waals surface area contributed by atoms with Crippen molar-refractivity contribution in [2.24, 2.45) is 0 Å². The minimum Gasteiger partial charge on any atom is -0.350 e. The van der Waals surface area contributed by atoms with E-state index in [2.05, 4.69) is 10.3 Å². The Balaban J connectivity index is 1.50. The summed E-state index contributed by atoms with van der Waals surface area (Å²) in [5, 5.41) is 10.5. The van der Waals surface area contributed by atoms with Crippen molar-refractivity contribution >= 4 is 52.3 Å². The van der Waals surface area contributed by atoms with Gasteiger partial charge >= 0.3 is 0 Å². The first kappa shape index (κ1) is 27.3. The highest BCUT2D eigenvalue weighted by atomic mass is 35.5. The van der Waals surface area contributed by atoms with E-state index in [0.29, 0.717) is 17.4 Å². The number of anilines is 1. The first-order chi connectivity index (χ1) is 20.0. The van der Waals surface area contributed by atoms with Gasteiger partial charge in [0.2, 0.25) is 11.8 Å². The van der Waals surface area contributed by atoms with Crippen LogP contribution < -0.4 is 10.2 Å². The second kappa shape index (κ2) is 11.9. The zero-order valence-electron chi connectivity index (χ0n) is 22.2. The van der Waals surface area contributed by atoms with Gasteiger partial charge in [-0.25, -0.2) is 4.68 Å². The number of nitrogens with one attached hydrogen (secondary N) is 1. The molecule has 10 heteroatoms. The normalized spacial score (nSPS) is 14.9. The number of nitrogens with zero attached hydrogens (tertiary/aromatic N) is 4. The van der Waals surface area contributed by atoms with Gasteiger partial charge in [0.1, 0.15) is 18.1 Å². The van der Waals surface area contributed by atoms with Gasteiger partial charge in [-0.15, -0.1) is 23.1 Å². The van der Waals surface area contributed by atoms with Gasteiger partial charge in [0.05, 0.1) is 21.6 Å². The van der Waals surface area contributed by atoms with E-state index in [-0.39, 0.29) is 29.4 Å². The van der Waals surface area contributed by atoms with Crippen molar-refractivity contribution in [2.75, 3.05) is 17.2 Å². The number of carbonyl (C=O) groups is 2. The average Bonchev–Trinajstić information content (AvgIpc) is 3.62. The Morgan fingerprint density at radius 2 is 1.95 bits per heavy atom. The van der Waals surface area contributed by atoms with Crippen molar-refractivity contribution in [3.05, 3.63) is 118 Å². The molecule has 0 spiro atoms. The summed E-state index contributed by atoms with van der Waals surface area (Å²) < 4.78 is 1.81. The molecule has 6 rings (SSSR count). The molecular weight excluding hydrogens is 574 g/mol. The molecule has 0 saturated heterocycles. The van der Waals surface area contributed by atoms with Crippen molar-refractivity contribution in [3.63, 3.8) is 0 Å². The van der Waals surface area contributed by atoms with Crippen LogP contribution in [0.5, 0.6) is 0 Å². The molecule has 1 N–H and O–H groups in total. The van der Waals surface area contributed by atoms with Crippen LogP contribution in [0.15, 0.2) is 90.6 Å². The highest BCUT2D eigenvalue weighted by molar-refractivity contribution is 8.00. The summed E-state index contributed by atoms with van der Waals surface area (Å²) in [7, 11) is 0. The standard InChI is InChI=1S/C31H26ClN5O2S2/c1-20-9-11-24(12-10-20)37-31-28(29(35-37)25-8-4-14-40-25)30(22-6-2-7-23(32)15-22)41-19-27(39)36(31)18-26(38)34-17-21-5-3-13-33-16-21/h2-16,30H,17-19H2,1H3,(H,34,38)/t30-/m0/s1. The van der Waals surface area contributed by atoms with Crippen LogP contribution in [0.4, 0.5) is 5.82 Å². The number of aromatic nitrogens is 3. The molecule has 5 aromatic rings. The number of halogens is 1. The Kier molecular flexibility index (Phi) is 7.91. The number of benzene rings is 2. The first-order valence-electron chi connectivity index (χ1n) is 13.0. The van der Waals surface area contributed by atoms with E-state index in [9.17, 15) is 9.59 Å². The fourth-order valence-corrected chi connectivity index (χ4v) is 6.93. The number of aryl methyl sites for hydroxylation is 1. The third-order valence-corrected chi connectivity index (χ3v) is 9.15. The summed E-state index contributed by atoms with van der Waals surface area (Å²) in [6, 6.07) is 23.5.